The van der Waals surface area contributed by atoms with Gasteiger partial charge < -0.3 is 52.2 Å². The first-order valence-electron chi connectivity index (χ1n) is 26.1. The summed E-state index contributed by atoms with van der Waals surface area (Å²) in [7, 11) is 1.38. The van der Waals surface area contributed by atoms with Crippen molar-refractivity contribution >= 4 is 52.3 Å². The molecule has 7 amide bonds. The molecule has 0 spiro atoms. The molecule has 1 aromatic heterocycles. The highest BCUT2D eigenvalue weighted by atomic mass is 19.4. The van der Waals surface area contributed by atoms with Crippen LogP contribution in [0.4, 0.5) is 26.3 Å². The number of aromatic hydroxyl groups is 1. The van der Waals surface area contributed by atoms with E-state index in [1.165, 1.54) is 23.8 Å². The number of para-hydroxylation sites is 1. The number of nitrogens with zero attached hydrogens (tertiary/aromatic N) is 2. The van der Waals surface area contributed by atoms with Gasteiger partial charge in [0.15, 0.2) is 0 Å². The number of H-pyrrole nitrogens is 1. The van der Waals surface area contributed by atoms with Gasteiger partial charge in [0.1, 0.15) is 36.0 Å². The van der Waals surface area contributed by atoms with E-state index in [0.717, 1.165) is 16.7 Å². The summed E-state index contributed by atoms with van der Waals surface area (Å²) in [5.41, 5.74) is 6.66. The van der Waals surface area contributed by atoms with Crippen LogP contribution in [0.25, 0.3) is 10.9 Å². The summed E-state index contributed by atoms with van der Waals surface area (Å²) in [5.74, 6) is -5.31. The van der Waals surface area contributed by atoms with Gasteiger partial charge in [0.2, 0.25) is 41.4 Å². The van der Waals surface area contributed by atoms with Crippen LogP contribution >= 0.6 is 0 Å². The van der Waals surface area contributed by atoms with Crippen molar-refractivity contribution in [3.63, 3.8) is 0 Å². The Balaban J connectivity index is 1.15. The number of alkyl halides is 6. The molecule has 0 unspecified atom stereocenters. The van der Waals surface area contributed by atoms with E-state index >= 15 is 0 Å². The predicted molar refractivity (Wildman–Crippen MR) is 285 cm³/mol. The minimum atomic E-state index is -5.14. The van der Waals surface area contributed by atoms with Crippen molar-refractivity contribution in [3.05, 3.63) is 136 Å². The van der Waals surface area contributed by atoms with E-state index in [-0.39, 0.29) is 56.4 Å². The van der Waals surface area contributed by atoms with Crippen LogP contribution in [0.3, 0.4) is 0 Å². The molecular formula is C57H67F6N9O8. The maximum absolute atomic E-state index is 14.7. The van der Waals surface area contributed by atoms with E-state index in [9.17, 15) is 65.0 Å². The van der Waals surface area contributed by atoms with Crippen LogP contribution in [-0.2, 0) is 71.7 Å². The van der Waals surface area contributed by atoms with Crippen molar-refractivity contribution < 1.29 is 65.0 Å². The first-order valence-corrected chi connectivity index (χ1v) is 26.1. The highest BCUT2D eigenvalue weighted by molar-refractivity contribution is 5.97. The molecule has 5 aromatic rings. The van der Waals surface area contributed by atoms with Crippen LogP contribution in [0.5, 0.6) is 5.75 Å². The number of hydrogen-bond acceptors (Lipinski definition) is 9. The Bertz CT molecular complexity index is 3000. The first-order chi connectivity index (χ1) is 37.6. The van der Waals surface area contributed by atoms with Crippen LogP contribution in [0, 0.1) is 19.8 Å². The molecule has 0 saturated carbocycles. The third kappa shape index (κ3) is 16.1. The van der Waals surface area contributed by atoms with Gasteiger partial charge in [-0.3, -0.25) is 33.6 Å². The molecule has 0 radical (unpaired) electrons. The number of phenols is 1. The molecule has 6 atom stereocenters. The predicted octanol–water partition coefficient (Wildman–Crippen LogP) is 5.65. The molecule has 0 aliphatic carbocycles. The average molecular weight is 1120 g/mol. The third-order valence-corrected chi connectivity index (χ3v) is 14.1. The smallest absolute Gasteiger partial charge is 0.416 e. The molecule has 80 heavy (non-hydrogen) atoms. The number of phenolic OH excluding ortho intramolecular Hbond substituents is 1. The maximum Gasteiger partial charge on any atom is 0.416 e. The Kier molecular flexibility index (Phi) is 20.2. The molecule has 2 heterocycles. The van der Waals surface area contributed by atoms with Crippen LogP contribution in [0.1, 0.15) is 84.5 Å². The van der Waals surface area contributed by atoms with Crippen molar-refractivity contribution in [2.24, 2.45) is 11.7 Å². The summed E-state index contributed by atoms with van der Waals surface area (Å²) < 4.78 is 82.3. The number of aryl methyl sites for hydroxylation is 2. The SMILES string of the molecule is Cc1cc(O)cc(C)c1C[C@H](N)C(=O)N[C@H](C)C(=O)NCC(=O)N(C)[C@@H](Cc1ccccc1)C(=O)N1CCC[C@H]1C(=O)N[C@@H](CC(C)C)C(=O)N[C@@H](Cc1c[nH]c2ccccc12)C(=O)NCc1cc(C(F)(F)F)cc(C(F)(F)F)c1. The lowest BCUT2D eigenvalue weighted by Gasteiger charge is -2.34. The summed E-state index contributed by atoms with van der Waals surface area (Å²) in [5, 5.41) is 23.4. The summed E-state index contributed by atoms with van der Waals surface area (Å²) >= 11 is 0. The van der Waals surface area contributed by atoms with Gasteiger partial charge >= 0.3 is 12.4 Å². The zero-order chi connectivity index (χ0) is 58.8. The second kappa shape index (κ2) is 26.3. The minimum Gasteiger partial charge on any atom is -0.508 e. The van der Waals surface area contributed by atoms with Crippen molar-refractivity contribution in [2.45, 2.75) is 128 Å². The minimum absolute atomic E-state index is 0.000541. The Morgan fingerprint density at radius 3 is 1.99 bits per heavy atom. The Hall–Kier alpha value is -7.95. The number of likely N-dealkylation sites (N-methyl/N-ethyl adjacent to an activating group) is 1. The zero-order valence-corrected chi connectivity index (χ0v) is 45.1. The average Bonchev–Trinajstić information content (AvgIpc) is 4.06. The molecule has 23 heteroatoms. The van der Waals surface area contributed by atoms with Gasteiger partial charge in [-0.1, -0.05) is 62.4 Å². The normalized spacial score (nSPS) is 15.6. The Morgan fingerprint density at radius 2 is 1.36 bits per heavy atom. The molecule has 4 aromatic carbocycles. The molecule has 0 bridgehead atoms. The molecule has 9 N–H and O–H groups in total. The van der Waals surface area contributed by atoms with E-state index in [2.05, 4.69) is 31.6 Å². The topological polar surface area (TPSA) is 248 Å². The maximum atomic E-state index is 14.7. The molecule has 1 saturated heterocycles. The van der Waals surface area contributed by atoms with Gasteiger partial charge in [-0.05, 0) is 122 Å². The number of benzene rings is 4. The molecule has 430 valence electrons. The zero-order valence-electron chi connectivity index (χ0n) is 45.1. The second-order valence-corrected chi connectivity index (χ2v) is 20.7. The lowest BCUT2D eigenvalue weighted by atomic mass is 9.96. The van der Waals surface area contributed by atoms with Crippen molar-refractivity contribution in [3.8, 4) is 5.75 Å². The number of nitrogens with one attached hydrogen (secondary N) is 6. The molecular weight excluding hydrogens is 1050 g/mol. The monoisotopic (exact) mass is 1120 g/mol. The summed E-state index contributed by atoms with van der Waals surface area (Å²) in [6, 6.07) is 12.5. The van der Waals surface area contributed by atoms with Crippen molar-refractivity contribution in [2.75, 3.05) is 20.1 Å². The fourth-order valence-electron chi connectivity index (χ4n) is 9.73. The van der Waals surface area contributed by atoms with E-state index in [0.29, 0.717) is 40.6 Å². The lowest BCUT2D eigenvalue weighted by molar-refractivity contribution is -0.147. The molecule has 1 aliphatic heterocycles. The number of carbonyl (C=O) groups excluding carboxylic acids is 7. The highest BCUT2D eigenvalue weighted by Crippen LogP contribution is 2.36. The van der Waals surface area contributed by atoms with Gasteiger partial charge in [0.25, 0.3) is 0 Å². The van der Waals surface area contributed by atoms with Crippen LogP contribution in [0.2, 0.25) is 0 Å². The van der Waals surface area contributed by atoms with Crippen molar-refractivity contribution in [1.82, 2.24) is 41.4 Å². The van der Waals surface area contributed by atoms with E-state index in [1.807, 2.05) is 0 Å². The van der Waals surface area contributed by atoms with Crippen LogP contribution in [0.15, 0.2) is 91.1 Å². The van der Waals surface area contributed by atoms with Crippen LogP contribution < -0.4 is 32.3 Å². The van der Waals surface area contributed by atoms with Gasteiger partial charge in [0.05, 0.1) is 23.7 Å². The quantitative estimate of drug-likeness (QED) is 0.0398. The van der Waals surface area contributed by atoms with Gasteiger partial charge in [-0.25, -0.2) is 0 Å². The Morgan fingerprint density at radius 1 is 0.738 bits per heavy atom. The van der Waals surface area contributed by atoms with Gasteiger partial charge in [0, 0.05) is 50.1 Å². The van der Waals surface area contributed by atoms with E-state index in [1.54, 1.807) is 101 Å². The fraction of sp³-hybridized carbons (Fsp3) is 0.421. The number of carbonyl (C=O) groups is 7. The highest BCUT2D eigenvalue weighted by Gasteiger charge is 2.42. The first kappa shape index (κ1) is 61.3. The number of fused-ring (bicyclic) bond motifs is 1. The number of nitrogens with two attached hydrogens (primary N) is 1. The second-order valence-electron chi connectivity index (χ2n) is 20.7. The Labute approximate surface area is 458 Å². The molecule has 1 fully saturated rings. The summed E-state index contributed by atoms with van der Waals surface area (Å²) in [6.07, 6.45) is -8.20. The lowest BCUT2D eigenvalue weighted by Crippen LogP contribution is -2.59. The number of likely N-dealkylation sites (tertiary alicyclic amines) is 1. The third-order valence-electron chi connectivity index (χ3n) is 14.1. The number of amides is 7. The van der Waals surface area contributed by atoms with Gasteiger partial charge in [-0.2, -0.15) is 26.3 Å². The summed E-state index contributed by atoms with van der Waals surface area (Å²) in [6.45, 7) is 7.25. The number of aromatic amines is 1. The fourth-order valence-corrected chi connectivity index (χ4v) is 9.73. The largest absolute Gasteiger partial charge is 0.508 e. The molecule has 6 rings (SSSR count). The number of halogens is 6. The number of hydrogen-bond donors (Lipinski definition) is 8. The number of aromatic nitrogens is 1. The van der Waals surface area contributed by atoms with E-state index < -0.39 is 120 Å². The number of rotatable bonds is 22. The van der Waals surface area contributed by atoms with Crippen molar-refractivity contribution in [1.29, 1.82) is 0 Å². The molecule has 17 nitrogen and oxygen atoms in total. The van der Waals surface area contributed by atoms with Gasteiger partial charge in [-0.15, -0.1) is 0 Å². The van der Waals surface area contributed by atoms with Crippen LogP contribution in [-0.4, -0.2) is 118 Å². The molecule has 1 aliphatic rings. The standard InChI is InChI=1S/C57H67F6N9O8/c1-31(2)19-45(53(78)69-46(25-37-29-65-44-16-11-10-15-41(37)44)52(77)66-28-36-22-38(56(58,59)60)26-39(23-36)57(61,62)63)70-54(79)47-17-12-18-72(47)55(80)48(24-35-13-8-7-9-14-35)71(6)49(74)30-67-50(75)34(5)68-51(76)43(64)27-42-32(3)20-40(73)21-33(42)4/h7-11,13-16,20-23,26,29,31,34,43,45-48,65,73H,12,17-19,24-25,27-28,30,64H2,1-6H3,(H,66,77)(H,67,75)(H,68,76)(H,69,78)(H,70,79)/t34-,43+,45+,46+,47+,48+/m1/s1. The van der Waals surface area contributed by atoms with E-state index in [4.69, 9.17) is 5.73 Å². The summed E-state index contributed by atoms with van der Waals surface area (Å²) in [4.78, 5) is 103.